The Morgan fingerprint density at radius 2 is 2.09 bits per heavy atom. The minimum Gasteiger partial charge on any atom is -0.388 e. The molecule has 0 amide bonds. The number of nitrogen functional groups attached to an aromatic ring is 1. The van der Waals surface area contributed by atoms with Crippen molar-refractivity contribution in [1.29, 1.82) is 0 Å². The second-order valence-corrected chi connectivity index (χ2v) is 5.73. The number of aromatic nitrogens is 3. The number of hydrogen-bond acceptors (Lipinski definition) is 5. The summed E-state index contributed by atoms with van der Waals surface area (Å²) in [6.07, 6.45) is -2.15. The first-order chi connectivity index (χ1) is 10.2. The van der Waals surface area contributed by atoms with Crippen molar-refractivity contribution in [2.24, 2.45) is 5.73 Å². The third kappa shape index (κ3) is 2.99. The predicted octanol–water partition coefficient (Wildman–Crippen LogP) is 2.88. The molecule has 4 N–H and O–H groups in total. The van der Waals surface area contributed by atoms with E-state index in [1.54, 1.807) is 6.26 Å². The van der Waals surface area contributed by atoms with Gasteiger partial charge in [-0.25, -0.2) is 4.98 Å². The molecule has 2 aromatic heterocycles. The summed E-state index contributed by atoms with van der Waals surface area (Å²) in [6, 6.07) is 0.754. The number of nitrogens with zero attached hydrogens (tertiary/aromatic N) is 3. The summed E-state index contributed by atoms with van der Waals surface area (Å²) >= 11 is 12.0. The Balaban J connectivity index is 2.60. The lowest BCUT2D eigenvalue weighted by molar-refractivity contribution is -0.137. The first-order valence-electron chi connectivity index (χ1n) is 5.62. The van der Waals surface area contributed by atoms with Crippen LogP contribution in [0.4, 0.5) is 19.0 Å². The zero-order chi connectivity index (χ0) is 16.7. The van der Waals surface area contributed by atoms with Gasteiger partial charge in [-0.05, 0) is 12.3 Å². The van der Waals surface area contributed by atoms with Crippen molar-refractivity contribution in [1.82, 2.24) is 14.8 Å². The summed E-state index contributed by atoms with van der Waals surface area (Å²) in [7, 11) is 0. The van der Waals surface area contributed by atoms with Crippen molar-refractivity contribution in [3.05, 3.63) is 28.5 Å². The van der Waals surface area contributed by atoms with E-state index in [0.717, 1.165) is 10.7 Å². The van der Waals surface area contributed by atoms with E-state index in [2.05, 4.69) is 10.1 Å². The standard InChI is InChI=1S/C11H9ClF3N5S2/c1-22-7-6(9(17)21)19-20(8(7)16)10-5(12)2-4(3-18-10)11(13,14)15/h2-3H,16H2,1H3,(H2,17,21). The number of anilines is 1. The van der Waals surface area contributed by atoms with Crippen LogP contribution in [0, 0.1) is 0 Å². The summed E-state index contributed by atoms with van der Waals surface area (Å²) in [4.78, 5) is 4.22. The van der Waals surface area contributed by atoms with Crippen molar-refractivity contribution in [3.8, 4) is 5.82 Å². The molecule has 0 aromatic carbocycles. The second-order valence-electron chi connectivity index (χ2n) is 4.07. The van der Waals surface area contributed by atoms with Crippen LogP contribution in [0.2, 0.25) is 5.02 Å². The van der Waals surface area contributed by atoms with Crippen molar-refractivity contribution in [3.63, 3.8) is 0 Å². The van der Waals surface area contributed by atoms with Gasteiger partial charge in [-0.2, -0.15) is 23.0 Å². The molecular weight excluding hydrogens is 359 g/mol. The third-order valence-electron chi connectivity index (χ3n) is 2.66. The molecule has 0 bridgehead atoms. The van der Waals surface area contributed by atoms with E-state index in [-0.39, 0.29) is 27.3 Å². The van der Waals surface area contributed by atoms with Gasteiger partial charge in [-0.3, -0.25) is 0 Å². The largest absolute Gasteiger partial charge is 0.417 e. The molecule has 5 nitrogen and oxygen atoms in total. The zero-order valence-corrected chi connectivity index (χ0v) is 13.4. The van der Waals surface area contributed by atoms with Gasteiger partial charge in [0.15, 0.2) is 5.82 Å². The highest BCUT2D eigenvalue weighted by atomic mass is 35.5. The molecule has 0 fully saturated rings. The number of thiocarbonyl (C=S) groups is 1. The van der Waals surface area contributed by atoms with E-state index in [0.29, 0.717) is 11.1 Å². The molecular formula is C11H9ClF3N5S2. The van der Waals surface area contributed by atoms with Gasteiger partial charge in [-0.1, -0.05) is 23.8 Å². The van der Waals surface area contributed by atoms with Gasteiger partial charge in [0.25, 0.3) is 0 Å². The molecule has 2 heterocycles. The van der Waals surface area contributed by atoms with Gasteiger partial charge >= 0.3 is 6.18 Å². The number of alkyl halides is 3. The molecule has 0 unspecified atom stereocenters. The lowest BCUT2D eigenvalue weighted by Crippen LogP contribution is -2.12. The summed E-state index contributed by atoms with van der Waals surface area (Å²) in [5.41, 5.74) is 10.8. The minimum absolute atomic E-state index is 0.0119. The molecule has 0 atom stereocenters. The van der Waals surface area contributed by atoms with Crippen LogP contribution < -0.4 is 11.5 Å². The van der Waals surface area contributed by atoms with Crippen LogP contribution in [0.5, 0.6) is 0 Å². The van der Waals surface area contributed by atoms with Crippen LogP contribution in [-0.4, -0.2) is 26.0 Å². The molecule has 22 heavy (non-hydrogen) atoms. The summed E-state index contributed by atoms with van der Waals surface area (Å²) in [5.74, 6) is 0.106. The van der Waals surface area contributed by atoms with E-state index in [4.69, 9.17) is 35.3 Å². The topological polar surface area (TPSA) is 82.8 Å². The summed E-state index contributed by atoms with van der Waals surface area (Å²) < 4.78 is 39.0. The van der Waals surface area contributed by atoms with Crippen LogP contribution in [0.25, 0.3) is 5.82 Å². The molecule has 0 aliphatic heterocycles. The van der Waals surface area contributed by atoms with Crippen molar-refractivity contribution in [2.75, 3.05) is 12.0 Å². The SMILES string of the molecule is CSc1c(C(N)=S)nn(-c2ncc(C(F)(F)F)cc2Cl)c1N. The first-order valence-corrected chi connectivity index (χ1v) is 7.63. The van der Waals surface area contributed by atoms with Crippen molar-refractivity contribution < 1.29 is 13.2 Å². The lowest BCUT2D eigenvalue weighted by atomic mass is 10.3. The number of thioether (sulfide) groups is 1. The van der Waals surface area contributed by atoms with Crippen LogP contribution >= 0.6 is 35.6 Å². The number of halogens is 4. The van der Waals surface area contributed by atoms with E-state index in [9.17, 15) is 13.2 Å². The van der Waals surface area contributed by atoms with Gasteiger partial charge in [0.1, 0.15) is 16.5 Å². The van der Waals surface area contributed by atoms with Crippen molar-refractivity contribution >= 4 is 46.4 Å². The van der Waals surface area contributed by atoms with Gasteiger partial charge in [0.05, 0.1) is 15.5 Å². The highest BCUT2D eigenvalue weighted by Crippen LogP contribution is 2.34. The molecule has 2 rings (SSSR count). The maximum atomic E-state index is 12.6. The van der Waals surface area contributed by atoms with Crippen LogP contribution in [0.15, 0.2) is 17.2 Å². The number of nitrogens with two attached hydrogens (primary N) is 2. The van der Waals surface area contributed by atoms with E-state index in [1.165, 1.54) is 11.8 Å². The van der Waals surface area contributed by atoms with Gasteiger partial charge in [-0.15, -0.1) is 11.8 Å². The quantitative estimate of drug-likeness (QED) is 0.641. The Labute approximate surface area is 137 Å². The summed E-state index contributed by atoms with van der Waals surface area (Å²) in [6.45, 7) is 0. The Kier molecular flexibility index (Phi) is 4.54. The van der Waals surface area contributed by atoms with Crippen LogP contribution in [-0.2, 0) is 6.18 Å². The maximum Gasteiger partial charge on any atom is 0.417 e. The second kappa shape index (κ2) is 5.94. The molecule has 11 heteroatoms. The fourth-order valence-electron chi connectivity index (χ4n) is 1.68. The minimum atomic E-state index is -4.54. The normalized spacial score (nSPS) is 11.7. The number of hydrogen-bond donors (Lipinski definition) is 2. The van der Waals surface area contributed by atoms with Crippen molar-refractivity contribution in [2.45, 2.75) is 11.1 Å². The average molecular weight is 368 g/mol. The molecule has 0 saturated carbocycles. The Morgan fingerprint density at radius 1 is 1.45 bits per heavy atom. The number of rotatable bonds is 3. The molecule has 0 radical (unpaired) electrons. The zero-order valence-electron chi connectivity index (χ0n) is 11.0. The van der Waals surface area contributed by atoms with E-state index in [1.807, 2.05) is 0 Å². The highest BCUT2D eigenvalue weighted by Gasteiger charge is 2.32. The Bertz CT molecular complexity index is 744. The average Bonchev–Trinajstić information content (AvgIpc) is 2.74. The van der Waals surface area contributed by atoms with Gasteiger partial charge in [0, 0.05) is 6.20 Å². The molecule has 0 aliphatic rings. The molecule has 0 spiro atoms. The van der Waals surface area contributed by atoms with Gasteiger partial charge in [0.2, 0.25) is 0 Å². The predicted molar refractivity (Wildman–Crippen MR) is 83.5 cm³/mol. The monoisotopic (exact) mass is 367 g/mol. The molecule has 0 saturated heterocycles. The highest BCUT2D eigenvalue weighted by molar-refractivity contribution is 7.99. The fourth-order valence-corrected chi connectivity index (χ4v) is 2.78. The van der Waals surface area contributed by atoms with E-state index < -0.39 is 11.7 Å². The Morgan fingerprint density at radius 3 is 2.50 bits per heavy atom. The third-order valence-corrected chi connectivity index (χ3v) is 3.95. The van der Waals surface area contributed by atoms with Gasteiger partial charge < -0.3 is 11.5 Å². The van der Waals surface area contributed by atoms with E-state index >= 15 is 0 Å². The summed E-state index contributed by atoms with van der Waals surface area (Å²) in [5, 5.41) is 3.84. The Hall–Kier alpha value is -1.52. The lowest BCUT2D eigenvalue weighted by Gasteiger charge is -2.10. The number of pyridine rings is 1. The molecule has 118 valence electrons. The molecule has 2 aromatic rings. The smallest absolute Gasteiger partial charge is 0.388 e. The first kappa shape index (κ1) is 16.8. The maximum absolute atomic E-state index is 12.6. The molecule has 0 aliphatic carbocycles. The van der Waals surface area contributed by atoms with Crippen LogP contribution in [0.1, 0.15) is 11.3 Å². The van der Waals surface area contributed by atoms with Crippen LogP contribution in [0.3, 0.4) is 0 Å². The fraction of sp³-hybridized carbons (Fsp3) is 0.182.